The third kappa shape index (κ3) is 5.69. The van der Waals surface area contributed by atoms with Gasteiger partial charge in [0.15, 0.2) is 5.75 Å². The maximum Gasteiger partial charge on any atom is 0.368 e. The average molecular weight is 326 g/mol. The lowest BCUT2D eigenvalue weighted by Crippen LogP contribution is -2.07. The monoisotopic (exact) mass is 326 g/mol. The molecule has 5 nitrogen and oxygen atoms in total. The van der Waals surface area contributed by atoms with Gasteiger partial charge in [0, 0.05) is 0 Å². The van der Waals surface area contributed by atoms with Gasteiger partial charge in [-0.05, 0) is 34.9 Å². The zero-order valence-electron chi connectivity index (χ0n) is 12.8. The topological polar surface area (TPSA) is 65.1 Å². The smallest absolute Gasteiger partial charge is 0.368 e. The summed E-state index contributed by atoms with van der Waals surface area (Å²) in [6, 6.07) is 7.24. The fourth-order valence-electron chi connectivity index (χ4n) is 2.08. The van der Waals surface area contributed by atoms with E-state index in [4.69, 9.17) is 4.89 Å². The van der Waals surface area contributed by atoms with Crippen LogP contribution in [0.1, 0.15) is 51.0 Å². The molecule has 1 aromatic carbocycles. The van der Waals surface area contributed by atoms with Crippen LogP contribution in [0.2, 0.25) is 0 Å². The normalized spacial score (nSPS) is 13.4. The highest BCUT2D eigenvalue weighted by atomic mass is 32.2. The van der Waals surface area contributed by atoms with Gasteiger partial charge in [-0.15, -0.1) is 0 Å². The molecule has 122 valence electrons. The summed E-state index contributed by atoms with van der Waals surface area (Å²) >= 11 is 0. The Labute approximate surface area is 131 Å². The van der Waals surface area contributed by atoms with E-state index in [9.17, 15) is 8.42 Å². The largest absolute Gasteiger partial charge is 0.444 e. The fraction of sp³-hybridized carbons (Fsp3) is 0.500. The number of hydrogen-bond donors (Lipinski definition) is 0. The van der Waals surface area contributed by atoms with Gasteiger partial charge in [0.25, 0.3) is 5.09 Å². The van der Waals surface area contributed by atoms with Gasteiger partial charge in [-0.25, -0.2) is 0 Å². The van der Waals surface area contributed by atoms with Gasteiger partial charge in [-0.3, -0.25) is 0 Å². The Balaban J connectivity index is 1.68. The Kier molecular flexibility index (Phi) is 6.27. The van der Waals surface area contributed by atoms with Crippen LogP contribution < -0.4 is 4.89 Å². The van der Waals surface area contributed by atoms with Crippen LogP contribution in [-0.2, 0) is 25.6 Å². The van der Waals surface area contributed by atoms with Gasteiger partial charge in [-0.2, -0.15) is 8.42 Å². The minimum Gasteiger partial charge on any atom is -0.444 e. The van der Waals surface area contributed by atoms with Crippen molar-refractivity contribution in [2.45, 2.75) is 51.9 Å². The number of unbranched alkanes of at least 4 members (excludes halogenated alkanes) is 5. The molecule has 0 unspecified atom stereocenters. The molecule has 22 heavy (non-hydrogen) atoms. The van der Waals surface area contributed by atoms with Crippen LogP contribution in [-0.4, -0.2) is 8.42 Å². The lowest BCUT2D eigenvalue weighted by Gasteiger charge is -2.05. The SMILES string of the molecule is CCCCCCCCc1ccc(OOS(=O)(=O)C2=CO2)cc1. The van der Waals surface area contributed by atoms with Crippen molar-refractivity contribution >= 4 is 10.1 Å². The summed E-state index contributed by atoms with van der Waals surface area (Å²) in [7, 11) is -3.90. The summed E-state index contributed by atoms with van der Waals surface area (Å²) < 4.78 is 31.5. The highest BCUT2D eigenvalue weighted by Crippen LogP contribution is 2.24. The molecule has 0 spiro atoms. The van der Waals surface area contributed by atoms with Crippen molar-refractivity contribution in [3.05, 3.63) is 41.2 Å². The predicted octanol–water partition coefficient (Wildman–Crippen LogP) is 4.06. The first-order valence-electron chi connectivity index (χ1n) is 7.69. The highest BCUT2D eigenvalue weighted by Gasteiger charge is 2.31. The van der Waals surface area contributed by atoms with Crippen molar-refractivity contribution < 1.29 is 22.4 Å². The molecule has 0 aromatic heterocycles. The van der Waals surface area contributed by atoms with Gasteiger partial charge in [0.1, 0.15) is 6.26 Å². The summed E-state index contributed by atoms with van der Waals surface area (Å²) in [6.07, 6.45) is 9.71. The van der Waals surface area contributed by atoms with Gasteiger partial charge in [0.2, 0.25) is 0 Å². The Bertz CT molecular complexity index is 589. The van der Waals surface area contributed by atoms with E-state index in [0.29, 0.717) is 5.75 Å². The van der Waals surface area contributed by atoms with Gasteiger partial charge < -0.3 is 9.62 Å². The first kappa shape index (κ1) is 16.8. The maximum atomic E-state index is 11.3. The van der Waals surface area contributed by atoms with E-state index in [-0.39, 0.29) is 5.09 Å². The van der Waals surface area contributed by atoms with Crippen LogP contribution >= 0.6 is 0 Å². The number of benzene rings is 1. The average Bonchev–Trinajstić information content (AvgIpc) is 3.35. The summed E-state index contributed by atoms with van der Waals surface area (Å²) in [4.78, 5) is 4.79. The molecule has 1 heterocycles. The van der Waals surface area contributed by atoms with Crippen molar-refractivity contribution in [3.63, 3.8) is 0 Å². The number of rotatable bonds is 11. The van der Waals surface area contributed by atoms with Gasteiger partial charge >= 0.3 is 10.1 Å². The molecule has 1 aliphatic heterocycles. The van der Waals surface area contributed by atoms with Crippen molar-refractivity contribution in [1.29, 1.82) is 0 Å². The summed E-state index contributed by atoms with van der Waals surface area (Å²) in [5, 5.41) is -0.216. The number of aryl methyl sites for hydroxylation is 1. The van der Waals surface area contributed by atoms with Crippen LogP contribution in [0, 0.1) is 0 Å². The lowest BCUT2D eigenvalue weighted by atomic mass is 10.1. The molecular formula is C16H22O5S. The zero-order chi connectivity index (χ0) is 15.8. The minimum absolute atomic E-state index is 0.216. The minimum atomic E-state index is -3.90. The molecule has 0 aliphatic carbocycles. The molecule has 1 aromatic rings. The molecule has 0 fully saturated rings. The zero-order valence-corrected chi connectivity index (χ0v) is 13.6. The van der Waals surface area contributed by atoms with E-state index >= 15 is 0 Å². The molecule has 0 atom stereocenters. The third-order valence-electron chi connectivity index (χ3n) is 3.42. The molecule has 6 heteroatoms. The van der Waals surface area contributed by atoms with E-state index in [1.165, 1.54) is 44.1 Å². The molecule has 1 aliphatic rings. The Morgan fingerprint density at radius 2 is 1.64 bits per heavy atom. The Hall–Kier alpha value is -1.53. The van der Waals surface area contributed by atoms with Gasteiger partial charge in [-0.1, -0.05) is 51.2 Å². The van der Waals surface area contributed by atoms with Crippen molar-refractivity contribution in [2.75, 3.05) is 0 Å². The third-order valence-corrected chi connectivity index (χ3v) is 4.36. The van der Waals surface area contributed by atoms with Crippen LogP contribution in [0.25, 0.3) is 0 Å². The standard InChI is InChI=1S/C16H22O5S/c1-2-3-4-5-6-7-8-14-9-11-15(12-10-14)20-21-22(17,18)16-13-19-16/h9-13H,2-8H2,1H3. The van der Waals surface area contributed by atoms with Crippen molar-refractivity contribution in [2.24, 2.45) is 0 Å². The second-order valence-electron chi connectivity index (χ2n) is 5.32. The van der Waals surface area contributed by atoms with E-state index in [1.807, 2.05) is 12.1 Å². The molecule has 0 saturated carbocycles. The summed E-state index contributed by atoms with van der Waals surface area (Å²) in [6.45, 7) is 2.22. The van der Waals surface area contributed by atoms with E-state index in [1.54, 1.807) is 12.1 Å². The first-order valence-corrected chi connectivity index (χ1v) is 9.09. The first-order chi connectivity index (χ1) is 10.6. The molecular weight excluding hydrogens is 304 g/mol. The number of ether oxygens (including phenoxy) is 1. The van der Waals surface area contributed by atoms with Crippen molar-refractivity contribution in [3.8, 4) is 5.75 Å². The molecule has 0 bridgehead atoms. The predicted molar refractivity (Wildman–Crippen MR) is 83.3 cm³/mol. The summed E-state index contributed by atoms with van der Waals surface area (Å²) in [5.41, 5.74) is 1.21. The quantitative estimate of drug-likeness (QED) is 0.348. The Morgan fingerprint density at radius 1 is 1.00 bits per heavy atom. The molecule has 0 amide bonds. The lowest BCUT2D eigenvalue weighted by molar-refractivity contribution is -0.0918. The van der Waals surface area contributed by atoms with E-state index in [0.717, 1.165) is 12.7 Å². The van der Waals surface area contributed by atoms with Crippen LogP contribution in [0.15, 0.2) is 35.6 Å². The molecule has 2 rings (SSSR count). The molecule has 0 saturated heterocycles. The second-order valence-corrected chi connectivity index (χ2v) is 6.77. The maximum absolute atomic E-state index is 11.3. The fourth-order valence-corrected chi connectivity index (χ4v) is 2.60. The van der Waals surface area contributed by atoms with Crippen LogP contribution in [0.4, 0.5) is 0 Å². The van der Waals surface area contributed by atoms with Crippen molar-refractivity contribution in [1.82, 2.24) is 0 Å². The molecule has 0 radical (unpaired) electrons. The number of hydrogen-bond acceptors (Lipinski definition) is 5. The second kappa shape index (κ2) is 8.19. The van der Waals surface area contributed by atoms with Crippen LogP contribution in [0.5, 0.6) is 5.75 Å². The van der Waals surface area contributed by atoms with E-state index < -0.39 is 10.1 Å². The van der Waals surface area contributed by atoms with E-state index in [2.05, 4.69) is 16.0 Å². The summed E-state index contributed by atoms with van der Waals surface area (Å²) in [5.74, 6) is 0.344. The highest BCUT2D eigenvalue weighted by molar-refractivity contribution is 7.90. The Morgan fingerprint density at radius 3 is 2.27 bits per heavy atom. The molecule has 0 N–H and O–H groups in total. The van der Waals surface area contributed by atoms with Crippen LogP contribution in [0.3, 0.4) is 0 Å². The van der Waals surface area contributed by atoms with Gasteiger partial charge in [0.05, 0.1) is 0 Å².